The molecule has 0 aliphatic carbocycles. The normalized spacial score (nSPS) is 19.6. The zero-order chi connectivity index (χ0) is 15.7. The summed E-state index contributed by atoms with van der Waals surface area (Å²) in [5.41, 5.74) is 1.34. The lowest BCUT2D eigenvalue weighted by molar-refractivity contribution is 0.0753. The number of H-pyrrole nitrogens is 1. The van der Waals surface area contributed by atoms with E-state index in [1.165, 1.54) is 12.1 Å². The second kappa shape index (κ2) is 6.08. The largest absolute Gasteiger partial charge is 0.351 e. The van der Waals surface area contributed by atoms with Gasteiger partial charge in [0, 0.05) is 30.0 Å². The highest BCUT2D eigenvalue weighted by molar-refractivity contribution is 5.98. The Morgan fingerprint density at radius 1 is 1.27 bits per heavy atom. The zero-order valence-electron chi connectivity index (χ0n) is 13.1. The number of hydrogen-bond donors (Lipinski definition) is 1. The van der Waals surface area contributed by atoms with Gasteiger partial charge >= 0.3 is 0 Å². The average molecular weight is 303 g/mol. The maximum absolute atomic E-state index is 13.3. The van der Waals surface area contributed by atoms with Crippen molar-refractivity contribution in [3.63, 3.8) is 0 Å². The Hall–Kier alpha value is -1.88. The molecule has 5 heteroatoms. The van der Waals surface area contributed by atoms with Gasteiger partial charge in [-0.2, -0.15) is 0 Å². The second-order valence-electron chi connectivity index (χ2n) is 6.26. The highest BCUT2D eigenvalue weighted by Crippen LogP contribution is 2.20. The first-order valence-corrected chi connectivity index (χ1v) is 7.78. The number of benzene rings is 1. The smallest absolute Gasteiger partial charge is 0.270 e. The number of halogens is 1. The van der Waals surface area contributed by atoms with Gasteiger partial charge in [-0.25, -0.2) is 4.39 Å². The maximum Gasteiger partial charge on any atom is 0.270 e. The molecule has 1 aliphatic heterocycles. The third-order valence-electron chi connectivity index (χ3n) is 4.53. The van der Waals surface area contributed by atoms with Crippen molar-refractivity contribution in [1.29, 1.82) is 0 Å². The van der Waals surface area contributed by atoms with E-state index in [2.05, 4.69) is 24.0 Å². The monoisotopic (exact) mass is 303 g/mol. The predicted octanol–water partition coefficient (Wildman–Crippen LogP) is 2.86. The molecule has 1 amide bonds. The van der Waals surface area contributed by atoms with Crippen LogP contribution in [0.4, 0.5) is 4.39 Å². The predicted molar refractivity (Wildman–Crippen MR) is 85.5 cm³/mol. The second-order valence-corrected chi connectivity index (χ2v) is 6.26. The van der Waals surface area contributed by atoms with Crippen molar-refractivity contribution in [1.82, 2.24) is 14.8 Å². The van der Waals surface area contributed by atoms with E-state index in [-0.39, 0.29) is 11.7 Å². The lowest BCUT2D eigenvalue weighted by Crippen LogP contribution is -2.34. The Morgan fingerprint density at radius 3 is 2.86 bits per heavy atom. The average Bonchev–Trinajstić information content (AvgIpc) is 2.74. The van der Waals surface area contributed by atoms with Crippen LogP contribution in [0, 0.1) is 5.82 Å². The minimum atomic E-state index is -0.283. The Kier molecular flexibility index (Phi) is 4.16. The minimum Gasteiger partial charge on any atom is -0.351 e. The molecule has 1 N–H and O–H groups in total. The number of aromatic nitrogens is 1. The summed E-state index contributed by atoms with van der Waals surface area (Å²) in [7, 11) is 4.18. The molecule has 3 rings (SSSR count). The molecule has 1 aliphatic rings. The third-order valence-corrected chi connectivity index (χ3v) is 4.53. The van der Waals surface area contributed by atoms with Crippen molar-refractivity contribution >= 4 is 16.8 Å². The summed E-state index contributed by atoms with van der Waals surface area (Å²) in [5, 5.41) is 0.740. The molecule has 0 bridgehead atoms. The topological polar surface area (TPSA) is 39.3 Å². The molecule has 0 spiro atoms. The highest BCUT2D eigenvalue weighted by atomic mass is 19.1. The maximum atomic E-state index is 13.3. The Balaban J connectivity index is 1.77. The first kappa shape index (κ1) is 15.0. The van der Waals surface area contributed by atoms with Gasteiger partial charge in [0.15, 0.2) is 0 Å². The molecule has 2 aromatic rings. The summed E-state index contributed by atoms with van der Waals surface area (Å²) in [6.07, 6.45) is 3.13. The highest BCUT2D eigenvalue weighted by Gasteiger charge is 2.23. The SMILES string of the molecule is CN(C)C1CCCN(C(=O)c2cc3cc(F)ccc3[nH]2)CC1. The van der Waals surface area contributed by atoms with Crippen LogP contribution in [0.1, 0.15) is 29.8 Å². The molecule has 0 radical (unpaired) electrons. The van der Waals surface area contributed by atoms with E-state index in [0.29, 0.717) is 11.7 Å². The van der Waals surface area contributed by atoms with Crippen LogP contribution in [0.15, 0.2) is 24.3 Å². The van der Waals surface area contributed by atoms with Crippen LogP contribution in [0.2, 0.25) is 0 Å². The Morgan fingerprint density at radius 2 is 2.09 bits per heavy atom. The Labute approximate surface area is 129 Å². The number of rotatable bonds is 2. The number of nitrogens with one attached hydrogen (secondary N) is 1. The quantitative estimate of drug-likeness (QED) is 0.926. The molecule has 1 fully saturated rings. The number of nitrogens with zero attached hydrogens (tertiary/aromatic N) is 2. The van der Waals surface area contributed by atoms with Crippen molar-refractivity contribution in [3.05, 3.63) is 35.8 Å². The van der Waals surface area contributed by atoms with E-state index < -0.39 is 0 Å². The van der Waals surface area contributed by atoms with Gasteiger partial charge in [-0.1, -0.05) is 0 Å². The first-order chi connectivity index (χ1) is 10.5. The molecule has 1 atom stereocenters. The molecule has 4 nitrogen and oxygen atoms in total. The van der Waals surface area contributed by atoms with Crippen LogP contribution in [-0.4, -0.2) is 53.9 Å². The minimum absolute atomic E-state index is 0.0102. The number of aromatic amines is 1. The fourth-order valence-electron chi connectivity index (χ4n) is 3.19. The van der Waals surface area contributed by atoms with Crippen LogP contribution in [0.25, 0.3) is 10.9 Å². The first-order valence-electron chi connectivity index (χ1n) is 7.78. The van der Waals surface area contributed by atoms with Gasteiger partial charge in [-0.15, -0.1) is 0 Å². The molecular formula is C17H22FN3O. The standard InChI is InChI=1S/C17H22FN3O/c1-20(2)14-4-3-8-21(9-7-14)17(22)16-11-12-10-13(18)5-6-15(12)19-16/h5-6,10-11,14,19H,3-4,7-9H2,1-2H3. The Bertz CT molecular complexity index is 680. The van der Waals surface area contributed by atoms with Crippen molar-refractivity contribution in [2.45, 2.75) is 25.3 Å². The molecule has 2 heterocycles. The van der Waals surface area contributed by atoms with Gasteiger partial charge in [-0.3, -0.25) is 4.79 Å². The van der Waals surface area contributed by atoms with Crippen molar-refractivity contribution in [2.24, 2.45) is 0 Å². The van der Waals surface area contributed by atoms with Crippen molar-refractivity contribution in [3.8, 4) is 0 Å². The summed E-state index contributed by atoms with van der Waals surface area (Å²) in [6.45, 7) is 1.55. The third kappa shape index (κ3) is 2.99. The molecule has 22 heavy (non-hydrogen) atoms. The summed E-state index contributed by atoms with van der Waals surface area (Å²) in [6, 6.07) is 6.81. The summed E-state index contributed by atoms with van der Waals surface area (Å²) >= 11 is 0. The summed E-state index contributed by atoms with van der Waals surface area (Å²) in [4.78, 5) is 19.9. The van der Waals surface area contributed by atoms with E-state index in [1.54, 1.807) is 12.1 Å². The van der Waals surface area contributed by atoms with Gasteiger partial charge < -0.3 is 14.8 Å². The van der Waals surface area contributed by atoms with Crippen LogP contribution in [-0.2, 0) is 0 Å². The molecule has 118 valence electrons. The van der Waals surface area contributed by atoms with Crippen LogP contribution >= 0.6 is 0 Å². The van der Waals surface area contributed by atoms with Crippen molar-refractivity contribution < 1.29 is 9.18 Å². The number of carbonyl (C=O) groups excluding carboxylic acids is 1. The van der Waals surface area contributed by atoms with Gasteiger partial charge in [-0.05, 0) is 57.6 Å². The fourth-order valence-corrected chi connectivity index (χ4v) is 3.19. The van der Waals surface area contributed by atoms with E-state index in [0.717, 1.165) is 43.3 Å². The number of carbonyl (C=O) groups is 1. The zero-order valence-corrected chi connectivity index (χ0v) is 13.1. The fraction of sp³-hybridized carbons (Fsp3) is 0.471. The van der Waals surface area contributed by atoms with E-state index in [1.807, 2.05) is 4.90 Å². The van der Waals surface area contributed by atoms with Crippen LogP contribution < -0.4 is 0 Å². The van der Waals surface area contributed by atoms with Gasteiger partial charge in [0.2, 0.25) is 0 Å². The lowest BCUT2D eigenvalue weighted by atomic mass is 10.1. The summed E-state index contributed by atoms with van der Waals surface area (Å²) in [5.74, 6) is -0.273. The van der Waals surface area contributed by atoms with Gasteiger partial charge in [0.25, 0.3) is 5.91 Å². The molecule has 0 saturated carbocycles. The lowest BCUT2D eigenvalue weighted by Gasteiger charge is -2.23. The number of amides is 1. The number of hydrogen-bond acceptors (Lipinski definition) is 2. The van der Waals surface area contributed by atoms with E-state index in [4.69, 9.17) is 0 Å². The molecule has 1 unspecified atom stereocenters. The molecular weight excluding hydrogens is 281 g/mol. The van der Waals surface area contributed by atoms with Crippen LogP contribution in [0.3, 0.4) is 0 Å². The summed E-state index contributed by atoms with van der Waals surface area (Å²) < 4.78 is 13.3. The molecule has 1 aromatic heterocycles. The molecule has 1 aromatic carbocycles. The van der Waals surface area contributed by atoms with Gasteiger partial charge in [0.05, 0.1) is 0 Å². The molecule has 1 saturated heterocycles. The van der Waals surface area contributed by atoms with E-state index in [9.17, 15) is 9.18 Å². The van der Waals surface area contributed by atoms with Gasteiger partial charge in [0.1, 0.15) is 11.5 Å². The number of fused-ring (bicyclic) bond motifs is 1. The number of likely N-dealkylation sites (tertiary alicyclic amines) is 1. The van der Waals surface area contributed by atoms with Crippen molar-refractivity contribution in [2.75, 3.05) is 27.2 Å². The van der Waals surface area contributed by atoms with Crippen LogP contribution in [0.5, 0.6) is 0 Å². The van der Waals surface area contributed by atoms with E-state index >= 15 is 0 Å².